The molecule has 1 heterocycles. The Morgan fingerprint density at radius 3 is 2.48 bits per heavy atom. The fourth-order valence-corrected chi connectivity index (χ4v) is 3.18. The average molecular weight is 348 g/mol. The summed E-state index contributed by atoms with van der Waals surface area (Å²) in [5.74, 6) is 1.47. The number of β-amino-alcohol motifs (C(OH)–C–C–N with tert-alkyl or cyclic N) is 1. The van der Waals surface area contributed by atoms with Crippen LogP contribution in [0.2, 0.25) is 0 Å². The fraction of sp³-hybridized carbons (Fsp3) is 0.650. The number of amides is 1. The molecule has 1 unspecified atom stereocenters. The summed E-state index contributed by atoms with van der Waals surface area (Å²) in [5, 5.41) is 13.1. The quantitative estimate of drug-likeness (QED) is 0.793. The third kappa shape index (κ3) is 5.44. The third-order valence-electron chi connectivity index (χ3n) is 5.22. The van der Waals surface area contributed by atoms with E-state index < -0.39 is 11.5 Å². The lowest BCUT2D eigenvalue weighted by molar-refractivity contribution is -0.126. The molecule has 1 aromatic rings. The number of nitrogens with one attached hydrogen (secondary N) is 1. The first-order chi connectivity index (χ1) is 11.8. The maximum atomic E-state index is 12.6. The molecular weight excluding hydrogens is 316 g/mol. The number of nitrogens with zero attached hydrogens (tertiary/aromatic N) is 1. The van der Waals surface area contributed by atoms with Crippen molar-refractivity contribution in [2.45, 2.75) is 45.1 Å². The molecule has 0 saturated carbocycles. The second-order valence-electron chi connectivity index (χ2n) is 7.70. The molecule has 1 aliphatic heterocycles. The van der Waals surface area contributed by atoms with Gasteiger partial charge in [0.2, 0.25) is 5.91 Å². The molecule has 5 nitrogen and oxygen atoms in total. The standard InChI is InChI=1S/C20H32N2O3/c1-15-9-11-22(12-10-15)14-17(23)13-21-19(24)20(2,3)16-5-7-18(25-4)8-6-16/h5-8,15,17,23H,9-14H2,1-4H3,(H,21,24). The molecule has 1 amide bonds. The number of likely N-dealkylation sites (tertiary alicyclic amines) is 1. The van der Waals surface area contributed by atoms with Gasteiger partial charge < -0.3 is 20.1 Å². The van der Waals surface area contributed by atoms with Crippen molar-refractivity contribution in [2.24, 2.45) is 5.92 Å². The van der Waals surface area contributed by atoms with Crippen molar-refractivity contribution in [2.75, 3.05) is 33.3 Å². The summed E-state index contributed by atoms with van der Waals surface area (Å²) >= 11 is 0. The van der Waals surface area contributed by atoms with E-state index in [9.17, 15) is 9.90 Å². The van der Waals surface area contributed by atoms with Crippen LogP contribution in [0.1, 0.15) is 39.2 Å². The predicted octanol–water partition coefficient (Wildman–Crippen LogP) is 2.18. The van der Waals surface area contributed by atoms with Gasteiger partial charge in [-0.1, -0.05) is 19.1 Å². The highest BCUT2D eigenvalue weighted by atomic mass is 16.5. The van der Waals surface area contributed by atoms with Crippen LogP contribution in [0.15, 0.2) is 24.3 Å². The smallest absolute Gasteiger partial charge is 0.230 e. The maximum absolute atomic E-state index is 12.6. The van der Waals surface area contributed by atoms with Crippen LogP contribution in [0, 0.1) is 5.92 Å². The highest BCUT2D eigenvalue weighted by Crippen LogP contribution is 2.25. The SMILES string of the molecule is COc1ccc(C(C)(C)C(=O)NCC(O)CN2CCC(C)CC2)cc1. The van der Waals surface area contributed by atoms with E-state index in [0.717, 1.165) is 30.3 Å². The first kappa shape index (κ1) is 19.7. The Hall–Kier alpha value is -1.59. The Morgan fingerprint density at radius 1 is 1.32 bits per heavy atom. The first-order valence-corrected chi connectivity index (χ1v) is 9.16. The third-order valence-corrected chi connectivity index (χ3v) is 5.22. The van der Waals surface area contributed by atoms with Crippen LogP contribution in [0.4, 0.5) is 0 Å². The number of methoxy groups -OCH3 is 1. The van der Waals surface area contributed by atoms with Crippen LogP contribution in [0.5, 0.6) is 5.75 Å². The molecule has 25 heavy (non-hydrogen) atoms. The van der Waals surface area contributed by atoms with Gasteiger partial charge in [-0.2, -0.15) is 0 Å². The van der Waals surface area contributed by atoms with Crippen LogP contribution in [0.3, 0.4) is 0 Å². The number of ether oxygens (including phenoxy) is 1. The predicted molar refractivity (Wildman–Crippen MR) is 99.9 cm³/mol. The van der Waals surface area contributed by atoms with Crippen molar-refractivity contribution >= 4 is 5.91 Å². The summed E-state index contributed by atoms with van der Waals surface area (Å²) < 4.78 is 5.16. The van der Waals surface area contributed by atoms with Crippen LogP contribution >= 0.6 is 0 Å². The topological polar surface area (TPSA) is 61.8 Å². The molecular formula is C20H32N2O3. The van der Waals surface area contributed by atoms with Crippen molar-refractivity contribution < 1.29 is 14.6 Å². The van der Waals surface area contributed by atoms with Crippen molar-refractivity contribution in [1.29, 1.82) is 0 Å². The summed E-state index contributed by atoms with van der Waals surface area (Å²) in [6, 6.07) is 7.53. The van der Waals surface area contributed by atoms with Gasteiger partial charge in [-0.15, -0.1) is 0 Å². The van der Waals surface area contributed by atoms with Gasteiger partial charge >= 0.3 is 0 Å². The Bertz CT molecular complexity index is 549. The summed E-state index contributed by atoms with van der Waals surface area (Å²) in [6.07, 6.45) is 1.83. The maximum Gasteiger partial charge on any atom is 0.230 e. The highest BCUT2D eigenvalue weighted by Gasteiger charge is 2.30. The van der Waals surface area contributed by atoms with Crippen LogP contribution < -0.4 is 10.1 Å². The highest BCUT2D eigenvalue weighted by molar-refractivity contribution is 5.87. The largest absolute Gasteiger partial charge is 0.497 e. The molecule has 0 radical (unpaired) electrons. The minimum Gasteiger partial charge on any atom is -0.497 e. The molecule has 1 aliphatic rings. The molecule has 1 fully saturated rings. The lowest BCUT2D eigenvalue weighted by Gasteiger charge is -2.32. The average Bonchev–Trinajstić information content (AvgIpc) is 2.61. The Morgan fingerprint density at radius 2 is 1.92 bits per heavy atom. The van der Waals surface area contributed by atoms with Gasteiger partial charge in [0, 0.05) is 13.1 Å². The van der Waals surface area contributed by atoms with E-state index >= 15 is 0 Å². The summed E-state index contributed by atoms with van der Waals surface area (Å²) in [6.45, 7) is 9.02. The number of rotatable bonds is 7. The van der Waals surface area contributed by atoms with Gasteiger partial charge in [0.15, 0.2) is 0 Å². The Balaban J connectivity index is 1.83. The number of piperidine rings is 1. The molecule has 1 atom stereocenters. The number of benzene rings is 1. The number of aliphatic hydroxyl groups excluding tert-OH is 1. The van der Waals surface area contributed by atoms with E-state index in [0.29, 0.717) is 6.54 Å². The fourth-order valence-electron chi connectivity index (χ4n) is 3.18. The van der Waals surface area contributed by atoms with Crippen LogP contribution in [-0.4, -0.2) is 55.3 Å². The normalized spacial score (nSPS) is 18.0. The van der Waals surface area contributed by atoms with E-state index in [2.05, 4.69) is 17.1 Å². The van der Waals surface area contributed by atoms with E-state index in [1.165, 1.54) is 12.8 Å². The van der Waals surface area contributed by atoms with Crippen LogP contribution in [-0.2, 0) is 10.2 Å². The van der Waals surface area contributed by atoms with Crippen molar-refractivity contribution in [3.8, 4) is 5.75 Å². The van der Waals surface area contributed by atoms with Gasteiger partial charge in [-0.3, -0.25) is 4.79 Å². The lowest BCUT2D eigenvalue weighted by Crippen LogP contribution is -2.46. The molecule has 5 heteroatoms. The monoisotopic (exact) mass is 348 g/mol. The summed E-state index contributed by atoms with van der Waals surface area (Å²) in [4.78, 5) is 14.9. The molecule has 1 aromatic carbocycles. The number of hydrogen-bond acceptors (Lipinski definition) is 4. The molecule has 0 aromatic heterocycles. The zero-order valence-electron chi connectivity index (χ0n) is 15.9. The number of carbonyl (C=O) groups is 1. The van der Waals surface area contributed by atoms with Crippen molar-refractivity contribution in [1.82, 2.24) is 10.2 Å². The molecule has 0 aliphatic carbocycles. The molecule has 2 rings (SSSR count). The van der Waals surface area contributed by atoms with E-state index in [4.69, 9.17) is 4.74 Å². The minimum atomic E-state index is -0.660. The second kappa shape index (κ2) is 8.68. The number of carbonyl (C=O) groups excluding carboxylic acids is 1. The summed E-state index contributed by atoms with van der Waals surface area (Å²) in [5.41, 5.74) is 0.261. The van der Waals surface area contributed by atoms with Crippen molar-refractivity contribution in [3.63, 3.8) is 0 Å². The van der Waals surface area contributed by atoms with Crippen LogP contribution in [0.25, 0.3) is 0 Å². The second-order valence-corrected chi connectivity index (χ2v) is 7.70. The van der Waals surface area contributed by atoms with Gasteiger partial charge in [0.05, 0.1) is 18.6 Å². The summed E-state index contributed by atoms with van der Waals surface area (Å²) in [7, 11) is 1.62. The van der Waals surface area contributed by atoms with E-state index in [-0.39, 0.29) is 12.5 Å². The Kier molecular flexibility index (Phi) is 6.85. The van der Waals surface area contributed by atoms with Gasteiger partial charge in [0.25, 0.3) is 0 Å². The molecule has 2 N–H and O–H groups in total. The van der Waals surface area contributed by atoms with Crippen molar-refractivity contribution in [3.05, 3.63) is 29.8 Å². The Labute approximate surface area is 151 Å². The van der Waals surface area contributed by atoms with Gasteiger partial charge in [-0.05, 0) is 63.4 Å². The minimum absolute atomic E-state index is 0.0796. The molecule has 0 bridgehead atoms. The molecule has 140 valence electrons. The lowest BCUT2D eigenvalue weighted by atomic mass is 9.83. The van der Waals surface area contributed by atoms with Gasteiger partial charge in [-0.25, -0.2) is 0 Å². The molecule has 1 saturated heterocycles. The first-order valence-electron chi connectivity index (χ1n) is 9.16. The molecule has 0 spiro atoms. The number of aliphatic hydroxyl groups is 1. The zero-order chi connectivity index (χ0) is 18.4. The zero-order valence-corrected chi connectivity index (χ0v) is 15.9. The van der Waals surface area contributed by atoms with E-state index in [1.54, 1.807) is 7.11 Å². The number of hydrogen-bond donors (Lipinski definition) is 2. The van der Waals surface area contributed by atoms with Gasteiger partial charge in [0.1, 0.15) is 5.75 Å². The van der Waals surface area contributed by atoms with E-state index in [1.807, 2.05) is 38.1 Å².